The molecule has 0 radical (unpaired) electrons. The Morgan fingerprint density at radius 1 is 1.04 bits per heavy atom. The van der Waals surface area contributed by atoms with E-state index < -0.39 is 6.04 Å². The van der Waals surface area contributed by atoms with E-state index in [0.717, 1.165) is 17.5 Å². The van der Waals surface area contributed by atoms with Crippen LogP contribution in [0.1, 0.15) is 43.9 Å². The number of hydrogen-bond donors (Lipinski definition) is 1. The van der Waals surface area contributed by atoms with Crippen LogP contribution in [0, 0.1) is 5.82 Å². The van der Waals surface area contributed by atoms with Crippen molar-refractivity contribution in [2.45, 2.75) is 39.3 Å². The Labute approximate surface area is 154 Å². The number of nitrogens with zero attached hydrogens (tertiary/aromatic N) is 1. The molecule has 2 aromatic carbocycles. The van der Waals surface area contributed by atoms with E-state index in [9.17, 15) is 14.0 Å². The van der Waals surface area contributed by atoms with Gasteiger partial charge in [-0.15, -0.1) is 0 Å². The molecule has 0 aromatic heterocycles. The number of rotatable bonds is 8. The molecule has 0 aliphatic rings. The van der Waals surface area contributed by atoms with E-state index in [1.54, 1.807) is 24.0 Å². The van der Waals surface area contributed by atoms with Gasteiger partial charge in [0.25, 0.3) is 0 Å². The predicted molar refractivity (Wildman–Crippen MR) is 99.7 cm³/mol. The first kappa shape index (κ1) is 19.6. The summed E-state index contributed by atoms with van der Waals surface area (Å²) in [7, 11) is 0. The second kappa shape index (κ2) is 9.70. The van der Waals surface area contributed by atoms with E-state index in [1.807, 2.05) is 37.3 Å². The van der Waals surface area contributed by atoms with Gasteiger partial charge in [0.15, 0.2) is 0 Å². The number of carbonyl (C=O) groups excluding carboxylic acids is 2. The van der Waals surface area contributed by atoms with E-state index in [2.05, 4.69) is 5.32 Å². The van der Waals surface area contributed by atoms with Gasteiger partial charge in [0.1, 0.15) is 11.9 Å². The van der Waals surface area contributed by atoms with Crippen LogP contribution in [0.5, 0.6) is 0 Å². The number of carbonyl (C=O) groups is 2. The van der Waals surface area contributed by atoms with Crippen LogP contribution >= 0.6 is 0 Å². The smallest absolute Gasteiger partial charge is 0.247 e. The molecular formula is C21H25FN2O2. The Balaban J connectivity index is 2.38. The maximum absolute atomic E-state index is 13.2. The van der Waals surface area contributed by atoms with E-state index in [4.69, 9.17) is 0 Å². The Morgan fingerprint density at radius 2 is 1.69 bits per heavy atom. The van der Waals surface area contributed by atoms with Crippen molar-refractivity contribution in [2.24, 2.45) is 0 Å². The molecule has 4 nitrogen and oxygen atoms in total. The summed E-state index contributed by atoms with van der Waals surface area (Å²) in [5.74, 6) is -0.667. The molecule has 0 aliphatic carbocycles. The third-order valence-electron chi connectivity index (χ3n) is 4.11. The molecule has 0 spiro atoms. The maximum Gasteiger partial charge on any atom is 0.247 e. The van der Waals surface area contributed by atoms with Gasteiger partial charge in [0, 0.05) is 19.5 Å². The van der Waals surface area contributed by atoms with Gasteiger partial charge < -0.3 is 10.2 Å². The molecule has 138 valence electrons. The van der Waals surface area contributed by atoms with Gasteiger partial charge in [-0.2, -0.15) is 0 Å². The normalized spacial score (nSPS) is 11.7. The monoisotopic (exact) mass is 356 g/mol. The summed E-state index contributed by atoms with van der Waals surface area (Å²) in [5.41, 5.74) is 1.53. The first-order chi connectivity index (χ1) is 12.6. The van der Waals surface area contributed by atoms with Crippen molar-refractivity contribution in [1.29, 1.82) is 0 Å². The summed E-state index contributed by atoms with van der Waals surface area (Å²) in [5, 5.41) is 2.89. The molecule has 1 N–H and O–H groups in total. The highest BCUT2D eigenvalue weighted by Gasteiger charge is 2.30. The Bertz CT molecular complexity index is 717. The van der Waals surface area contributed by atoms with Crippen LogP contribution in [0.25, 0.3) is 0 Å². The molecule has 1 atom stereocenters. The van der Waals surface area contributed by atoms with Crippen molar-refractivity contribution in [3.05, 3.63) is 71.5 Å². The molecule has 26 heavy (non-hydrogen) atoms. The van der Waals surface area contributed by atoms with Crippen LogP contribution in [-0.2, 0) is 16.1 Å². The Morgan fingerprint density at radius 3 is 2.27 bits per heavy atom. The number of nitrogens with one attached hydrogen (secondary N) is 1. The highest BCUT2D eigenvalue weighted by Crippen LogP contribution is 2.24. The van der Waals surface area contributed by atoms with Gasteiger partial charge in [-0.25, -0.2) is 4.39 Å². The Hall–Kier alpha value is -2.69. The molecule has 5 heteroatoms. The number of benzene rings is 2. The molecule has 0 bridgehead atoms. The fourth-order valence-corrected chi connectivity index (χ4v) is 2.77. The highest BCUT2D eigenvalue weighted by molar-refractivity contribution is 5.88. The second-order valence-corrected chi connectivity index (χ2v) is 6.11. The minimum atomic E-state index is -0.722. The average molecular weight is 356 g/mol. The number of amides is 2. The lowest BCUT2D eigenvalue weighted by Gasteiger charge is -2.31. The highest BCUT2D eigenvalue weighted by atomic mass is 19.1. The molecule has 0 heterocycles. The van der Waals surface area contributed by atoms with Gasteiger partial charge in [0.2, 0.25) is 11.8 Å². The second-order valence-electron chi connectivity index (χ2n) is 6.11. The molecule has 0 fully saturated rings. The molecular weight excluding hydrogens is 331 g/mol. The quantitative estimate of drug-likeness (QED) is 0.781. The van der Waals surface area contributed by atoms with Crippen LogP contribution in [-0.4, -0.2) is 23.3 Å². The van der Waals surface area contributed by atoms with Gasteiger partial charge >= 0.3 is 0 Å². The molecule has 2 aromatic rings. The fourth-order valence-electron chi connectivity index (χ4n) is 2.77. The molecule has 2 rings (SSSR count). The van der Waals surface area contributed by atoms with Crippen molar-refractivity contribution in [3.63, 3.8) is 0 Å². The van der Waals surface area contributed by atoms with Gasteiger partial charge in [-0.3, -0.25) is 9.59 Å². The first-order valence-electron chi connectivity index (χ1n) is 8.93. The minimum Gasteiger partial charge on any atom is -0.354 e. The summed E-state index contributed by atoms with van der Waals surface area (Å²) in [6.45, 7) is 4.54. The minimum absolute atomic E-state index is 0.130. The van der Waals surface area contributed by atoms with Gasteiger partial charge in [-0.05, 0) is 29.7 Å². The standard InChI is InChI=1S/C21H25FN2O2/c1-3-14-23-21(26)20(17-8-6-5-7-9-17)24(19(25)4-2)15-16-10-12-18(22)13-11-16/h5-13,20H,3-4,14-15H2,1-2H3,(H,23,26). The SMILES string of the molecule is CCCNC(=O)C(c1ccccc1)N(Cc1ccc(F)cc1)C(=O)CC. The summed E-state index contributed by atoms with van der Waals surface area (Å²) in [6.07, 6.45) is 1.10. The molecule has 0 saturated heterocycles. The molecule has 0 aliphatic heterocycles. The lowest BCUT2D eigenvalue weighted by atomic mass is 10.0. The molecule has 1 unspecified atom stereocenters. The van der Waals surface area contributed by atoms with E-state index in [-0.39, 0.29) is 30.6 Å². The number of hydrogen-bond acceptors (Lipinski definition) is 2. The van der Waals surface area contributed by atoms with Crippen LogP contribution in [0.15, 0.2) is 54.6 Å². The van der Waals surface area contributed by atoms with Crippen molar-refractivity contribution >= 4 is 11.8 Å². The predicted octanol–water partition coefficient (Wildman–Crippen LogP) is 3.83. The summed E-state index contributed by atoms with van der Waals surface area (Å²) in [6, 6.07) is 14.5. The average Bonchev–Trinajstić information content (AvgIpc) is 2.67. The Kier molecular flexibility index (Phi) is 7.33. The zero-order valence-electron chi connectivity index (χ0n) is 15.2. The summed E-state index contributed by atoms with van der Waals surface area (Å²) in [4.78, 5) is 27.1. The van der Waals surface area contributed by atoms with E-state index in [1.165, 1.54) is 12.1 Å². The zero-order valence-corrected chi connectivity index (χ0v) is 15.2. The third kappa shape index (κ3) is 5.15. The van der Waals surface area contributed by atoms with Crippen LogP contribution in [0.4, 0.5) is 4.39 Å². The van der Waals surface area contributed by atoms with Gasteiger partial charge in [-0.1, -0.05) is 56.3 Å². The van der Waals surface area contributed by atoms with Crippen molar-refractivity contribution in [3.8, 4) is 0 Å². The number of halogens is 1. The fraction of sp³-hybridized carbons (Fsp3) is 0.333. The third-order valence-corrected chi connectivity index (χ3v) is 4.11. The lowest BCUT2D eigenvalue weighted by molar-refractivity contribution is -0.141. The topological polar surface area (TPSA) is 49.4 Å². The zero-order chi connectivity index (χ0) is 18.9. The van der Waals surface area contributed by atoms with Crippen molar-refractivity contribution in [2.75, 3.05) is 6.54 Å². The van der Waals surface area contributed by atoms with E-state index in [0.29, 0.717) is 6.54 Å². The lowest BCUT2D eigenvalue weighted by Crippen LogP contribution is -2.43. The molecule has 2 amide bonds. The summed E-state index contributed by atoms with van der Waals surface area (Å²) >= 11 is 0. The summed E-state index contributed by atoms with van der Waals surface area (Å²) < 4.78 is 13.2. The van der Waals surface area contributed by atoms with Crippen molar-refractivity contribution < 1.29 is 14.0 Å². The van der Waals surface area contributed by atoms with Crippen LogP contribution in [0.3, 0.4) is 0 Å². The van der Waals surface area contributed by atoms with Gasteiger partial charge in [0.05, 0.1) is 0 Å². The largest absolute Gasteiger partial charge is 0.354 e. The molecule has 0 saturated carbocycles. The first-order valence-corrected chi connectivity index (χ1v) is 8.93. The van der Waals surface area contributed by atoms with Crippen molar-refractivity contribution in [1.82, 2.24) is 10.2 Å². The van der Waals surface area contributed by atoms with E-state index >= 15 is 0 Å². The van der Waals surface area contributed by atoms with Crippen LogP contribution in [0.2, 0.25) is 0 Å². The van der Waals surface area contributed by atoms with Crippen LogP contribution < -0.4 is 5.32 Å². The maximum atomic E-state index is 13.2.